The van der Waals surface area contributed by atoms with Crippen molar-refractivity contribution in [2.24, 2.45) is 5.92 Å². The number of carbonyl (C=O) groups is 4. The molecular formula is C24H22I4N2O5. The summed E-state index contributed by atoms with van der Waals surface area (Å²) in [5, 5.41) is 2.75. The van der Waals surface area contributed by atoms with E-state index >= 15 is 0 Å². The average molecular weight is 926 g/mol. The SMILES string of the molecule is Cc1ccc(C)c(NC(=O)COC(=O)[C@H](CC(C)C)N2C(=O)c3c(I)c(I)c(I)c(I)c3C2=O)c1. The molecule has 0 bridgehead atoms. The summed E-state index contributed by atoms with van der Waals surface area (Å²) in [6, 6.07) is 4.54. The summed E-state index contributed by atoms with van der Waals surface area (Å²) >= 11 is 8.46. The van der Waals surface area contributed by atoms with Crippen molar-refractivity contribution in [3.63, 3.8) is 0 Å². The van der Waals surface area contributed by atoms with Gasteiger partial charge in [0.15, 0.2) is 6.61 Å². The van der Waals surface area contributed by atoms with Crippen LogP contribution in [0.3, 0.4) is 0 Å². The van der Waals surface area contributed by atoms with Crippen molar-refractivity contribution in [1.82, 2.24) is 4.90 Å². The summed E-state index contributed by atoms with van der Waals surface area (Å²) in [5.74, 6) is -2.29. The van der Waals surface area contributed by atoms with Gasteiger partial charge >= 0.3 is 5.97 Å². The molecule has 1 heterocycles. The molecule has 1 aliphatic heterocycles. The largest absolute Gasteiger partial charge is 0.454 e. The van der Waals surface area contributed by atoms with E-state index in [1.54, 1.807) is 0 Å². The van der Waals surface area contributed by atoms with Gasteiger partial charge in [0.2, 0.25) is 0 Å². The molecule has 1 N–H and O–H groups in total. The zero-order chi connectivity index (χ0) is 26.2. The van der Waals surface area contributed by atoms with Gasteiger partial charge in [-0.1, -0.05) is 26.0 Å². The Morgan fingerprint density at radius 1 is 0.943 bits per heavy atom. The number of rotatable bonds is 7. The summed E-state index contributed by atoms with van der Waals surface area (Å²) < 4.78 is 8.48. The zero-order valence-corrected chi connectivity index (χ0v) is 27.9. The van der Waals surface area contributed by atoms with E-state index < -0.39 is 36.3 Å². The number of aryl methyl sites for hydroxylation is 2. The molecule has 2 aromatic carbocycles. The second-order valence-corrected chi connectivity index (χ2v) is 12.9. The van der Waals surface area contributed by atoms with E-state index in [0.717, 1.165) is 23.2 Å². The highest BCUT2D eigenvalue weighted by Crippen LogP contribution is 2.38. The van der Waals surface area contributed by atoms with Crippen molar-refractivity contribution < 1.29 is 23.9 Å². The van der Waals surface area contributed by atoms with E-state index in [1.165, 1.54) is 0 Å². The van der Waals surface area contributed by atoms with Crippen molar-refractivity contribution in [2.45, 2.75) is 40.2 Å². The minimum Gasteiger partial charge on any atom is -0.454 e. The third-order valence-electron chi connectivity index (χ3n) is 5.42. The Kier molecular flexibility index (Phi) is 9.84. The molecular weight excluding hydrogens is 904 g/mol. The summed E-state index contributed by atoms with van der Waals surface area (Å²) in [7, 11) is 0. The van der Waals surface area contributed by atoms with Crippen molar-refractivity contribution in [2.75, 3.05) is 11.9 Å². The Balaban J connectivity index is 1.83. The molecule has 3 amide bonds. The zero-order valence-electron chi connectivity index (χ0n) is 19.3. The first-order valence-electron chi connectivity index (χ1n) is 10.6. The Labute approximate surface area is 258 Å². The minimum absolute atomic E-state index is 0.000881. The molecule has 0 fully saturated rings. The maximum Gasteiger partial charge on any atom is 0.329 e. The van der Waals surface area contributed by atoms with Gasteiger partial charge in [-0.2, -0.15) is 0 Å². The van der Waals surface area contributed by atoms with Crippen LogP contribution in [0.1, 0.15) is 52.1 Å². The smallest absolute Gasteiger partial charge is 0.329 e. The van der Waals surface area contributed by atoms with Crippen molar-refractivity contribution in [3.05, 3.63) is 54.7 Å². The van der Waals surface area contributed by atoms with Crippen LogP contribution in [0, 0.1) is 34.0 Å². The lowest BCUT2D eigenvalue weighted by Gasteiger charge is -2.26. The standard InChI is InChI=1S/C24H22I4N2O5/c1-10(2)7-14(24(34)35-9-15(31)29-13-8-11(3)5-6-12(13)4)30-22(32)16-17(23(30)33)19(26)21(28)20(27)18(16)25/h5-6,8,10,14H,7,9H2,1-4H3,(H,29,31)/t14-/m0/s1. The maximum absolute atomic E-state index is 13.4. The number of halogens is 4. The molecule has 0 saturated heterocycles. The van der Waals surface area contributed by atoms with Crippen LogP contribution < -0.4 is 5.32 Å². The summed E-state index contributed by atoms with van der Waals surface area (Å²) in [4.78, 5) is 53.5. The molecule has 0 spiro atoms. The molecule has 186 valence electrons. The lowest BCUT2D eigenvalue weighted by Crippen LogP contribution is -2.47. The fraction of sp³-hybridized carbons (Fsp3) is 0.333. The molecule has 11 heteroatoms. The first-order chi connectivity index (χ1) is 16.3. The fourth-order valence-electron chi connectivity index (χ4n) is 3.69. The van der Waals surface area contributed by atoms with Crippen LogP contribution in [0.25, 0.3) is 0 Å². The number of hydrogen-bond acceptors (Lipinski definition) is 5. The third-order valence-corrected chi connectivity index (χ3v) is 12.8. The van der Waals surface area contributed by atoms with Gasteiger partial charge in [0.25, 0.3) is 17.7 Å². The molecule has 0 aromatic heterocycles. The number of nitrogens with zero attached hydrogens (tertiary/aromatic N) is 1. The number of nitrogens with one attached hydrogen (secondary N) is 1. The number of anilines is 1. The summed E-state index contributed by atoms with van der Waals surface area (Å²) in [6.45, 7) is 7.05. The fourth-order valence-corrected chi connectivity index (χ4v) is 7.34. The van der Waals surface area contributed by atoms with Gasteiger partial charge in [-0.05, 0) is 134 Å². The molecule has 0 radical (unpaired) electrons. The quantitative estimate of drug-likeness (QED) is 0.123. The lowest BCUT2D eigenvalue weighted by atomic mass is 10.0. The Morgan fingerprint density at radius 3 is 2.00 bits per heavy atom. The van der Waals surface area contributed by atoms with Gasteiger partial charge in [-0.15, -0.1) is 0 Å². The topological polar surface area (TPSA) is 92.8 Å². The van der Waals surface area contributed by atoms with Gasteiger partial charge in [-0.3, -0.25) is 19.3 Å². The highest BCUT2D eigenvalue weighted by atomic mass is 127. The van der Waals surface area contributed by atoms with E-state index in [1.807, 2.05) is 45.9 Å². The van der Waals surface area contributed by atoms with E-state index in [0.29, 0.717) is 24.0 Å². The molecule has 1 aliphatic rings. The van der Waals surface area contributed by atoms with E-state index in [9.17, 15) is 19.2 Å². The van der Waals surface area contributed by atoms with Crippen molar-refractivity contribution in [1.29, 1.82) is 0 Å². The third kappa shape index (κ3) is 6.13. The highest BCUT2D eigenvalue weighted by molar-refractivity contribution is 14.1. The first kappa shape index (κ1) is 29.0. The van der Waals surface area contributed by atoms with Crippen molar-refractivity contribution >= 4 is 120 Å². The molecule has 7 nitrogen and oxygen atoms in total. The van der Waals surface area contributed by atoms with Crippen LogP contribution in [0.4, 0.5) is 5.69 Å². The maximum atomic E-state index is 13.4. The van der Waals surface area contributed by atoms with Gasteiger partial charge in [-0.25, -0.2) is 4.79 Å². The molecule has 0 saturated carbocycles. The summed E-state index contributed by atoms with van der Waals surface area (Å²) in [5.41, 5.74) is 3.14. The van der Waals surface area contributed by atoms with Crippen LogP contribution in [0.2, 0.25) is 0 Å². The average Bonchev–Trinajstić information content (AvgIpc) is 3.05. The second kappa shape index (κ2) is 11.9. The molecule has 3 rings (SSSR count). The highest BCUT2D eigenvalue weighted by Gasteiger charge is 2.47. The van der Waals surface area contributed by atoms with E-state index in [2.05, 4.69) is 95.7 Å². The normalized spacial score (nSPS) is 13.8. The van der Waals surface area contributed by atoms with Crippen molar-refractivity contribution in [3.8, 4) is 0 Å². The molecule has 1 atom stereocenters. The van der Waals surface area contributed by atoms with Gasteiger partial charge < -0.3 is 10.1 Å². The van der Waals surface area contributed by atoms with E-state index in [-0.39, 0.29) is 12.3 Å². The number of fused-ring (bicyclic) bond motifs is 1. The number of ether oxygens (including phenoxy) is 1. The van der Waals surface area contributed by atoms with Gasteiger partial charge in [0.05, 0.1) is 11.1 Å². The van der Waals surface area contributed by atoms with Crippen LogP contribution in [0.15, 0.2) is 18.2 Å². The molecule has 2 aromatic rings. The number of carbonyl (C=O) groups excluding carboxylic acids is 4. The first-order valence-corrected chi connectivity index (χ1v) is 14.9. The summed E-state index contributed by atoms with van der Waals surface area (Å²) in [6.07, 6.45) is 0.226. The van der Waals surface area contributed by atoms with Gasteiger partial charge in [0, 0.05) is 20.0 Å². The Hall–Kier alpha value is -0.560. The monoisotopic (exact) mass is 926 g/mol. The van der Waals surface area contributed by atoms with Crippen LogP contribution in [-0.2, 0) is 14.3 Å². The number of amides is 3. The minimum atomic E-state index is -1.13. The van der Waals surface area contributed by atoms with E-state index in [4.69, 9.17) is 4.74 Å². The van der Waals surface area contributed by atoms with Crippen LogP contribution in [-0.4, -0.2) is 41.2 Å². The van der Waals surface area contributed by atoms with Crippen LogP contribution >= 0.6 is 90.4 Å². The predicted octanol–water partition coefficient (Wildman–Crippen LogP) is 5.91. The second-order valence-electron chi connectivity index (χ2n) is 8.61. The molecule has 0 aliphatic carbocycles. The van der Waals surface area contributed by atoms with Crippen LogP contribution in [0.5, 0.6) is 0 Å². The number of imide groups is 1. The number of hydrogen-bond donors (Lipinski definition) is 1. The molecule has 0 unspecified atom stereocenters. The number of benzene rings is 2. The predicted molar refractivity (Wildman–Crippen MR) is 167 cm³/mol. The lowest BCUT2D eigenvalue weighted by molar-refractivity contribution is -0.151. The molecule has 35 heavy (non-hydrogen) atoms. The Morgan fingerprint density at radius 2 is 1.49 bits per heavy atom. The Bertz CT molecular complexity index is 1200. The van der Waals surface area contributed by atoms with Gasteiger partial charge in [0.1, 0.15) is 6.04 Å². The number of esters is 1.